The molecule has 0 radical (unpaired) electrons. The van der Waals surface area contributed by atoms with Crippen LogP contribution in [-0.2, 0) is 0 Å². The Bertz CT molecular complexity index is 1160. The van der Waals surface area contributed by atoms with E-state index in [9.17, 15) is 9.18 Å². The van der Waals surface area contributed by atoms with Crippen LogP contribution in [0.25, 0.3) is 11.4 Å². The van der Waals surface area contributed by atoms with Crippen LogP contribution in [0.5, 0.6) is 0 Å². The number of amides is 1. The lowest BCUT2D eigenvalue weighted by molar-refractivity contribution is 0.102. The molecule has 0 aliphatic carbocycles. The van der Waals surface area contributed by atoms with E-state index in [2.05, 4.69) is 42.7 Å². The zero-order valence-electron chi connectivity index (χ0n) is 19.0. The predicted octanol–water partition coefficient (Wildman–Crippen LogP) is 3.55. The number of nitrogens with one attached hydrogen (secondary N) is 3. The van der Waals surface area contributed by atoms with Crippen LogP contribution < -0.4 is 20.9 Å². The van der Waals surface area contributed by atoms with E-state index in [1.807, 2.05) is 13.1 Å². The van der Waals surface area contributed by atoms with E-state index in [0.717, 1.165) is 31.6 Å². The van der Waals surface area contributed by atoms with E-state index >= 15 is 0 Å². The van der Waals surface area contributed by atoms with Gasteiger partial charge in [-0.15, -0.1) is 0 Å². The Balaban J connectivity index is 1.64. The van der Waals surface area contributed by atoms with Crippen LogP contribution in [0, 0.1) is 5.82 Å². The van der Waals surface area contributed by atoms with Gasteiger partial charge in [0.25, 0.3) is 5.91 Å². The molecule has 33 heavy (non-hydrogen) atoms. The molecule has 1 fully saturated rings. The summed E-state index contributed by atoms with van der Waals surface area (Å²) in [4.78, 5) is 28.4. The summed E-state index contributed by atoms with van der Waals surface area (Å²) >= 11 is 0. The van der Waals surface area contributed by atoms with Gasteiger partial charge in [-0.3, -0.25) is 9.78 Å². The van der Waals surface area contributed by atoms with E-state index < -0.39 is 11.7 Å². The number of rotatable bonds is 6. The molecule has 2 aromatic heterocycles. The van der Waals surface area contributed by atoms with Crippen LogP contribution in [0.3, 0.4) is 0 Å². The molecule has 4 rings (SSSR count). The minimum atomic E-state index is -0.451. The van der Waals surface area contributed by atoms with E-state index in [1.54, 1.807) is 37.6 Å². The van der Waals surface area contributed by atoms with Gasteiger partial charge in [0.2, 0.25) is 0 Å². The summed E-state index contributed by atoms with van der Waals surface area (Å²) in [6.07, 6.45) is 6.95. The van der Waals surface area contributed by atoms with Crippen molar-refractivity contribution in [2.75, 3.05) is 42.7 Å². The van der Waals surface area contributed by atoms with Crippen molar-refractivity contribution in [1.82, 2.24) is 20.3 Å². The number of nitrogens with zero attached hydrogens (tertiary/aromatic N) is 4. The number of benzene rings is 1. The molecule has 9 heteroatoms. The fourth-order valence-electron chi connectivity index (χ4n) is 4.10. The van der Waals surface area contributed by atoms with Crippen molar-refractivity contribution in [2.24, 2.45) is 0 Å². The second kappa shape index (κ2) is 9.50. The molecule has 3 heterocycles. The van der Waals surface area contributed by atoms with Crippen molar-refractivity contribution >= 4 is 23.0 Å². The normalized spacial score (nSPS) is 18.1. The highest BCUT2D eigenvalue weighted by Crippen LogP contribution is 2.31. The zero-order valence-corrected chi connectivity index (χ0v) is 19.0. The fraction of sp³-hybridized carbons (Fsp3) is 0.333. The summed E-state index contributed by atoms with van der Waals surface area (Å²) in [6.45, 7) is 3.89. The minimum Gasteiger partial charge on any atom is -0.385 e. The van der Waals surface area contributed by atoms with Crippen LogP contribution in [-0.4, -0.2) is 53.6 Å². The van der Waals surface area contributed by atoms with Gasteiger partial charge >= 0.3 is 0 Å². The third kappa shape index (κ3) is 4.78. The third-order valence-corrected chi connectivity index (χ3v) is 6.07. The summed E-state index contributed by atoms with van der Waals surface area (Å²) in [5.74, 6) is -0.736. The monoisotopic (exact) mass is 449 g/mol. The number of hydrogen-bond acceptors (Lipinski definition) is 7. The molecule has 8 nitrogen and oxygen atoms in total. The highest BCUT2D eigenvalue weighted by atomic mass is 19.1. The van der Waals surface area contributed by atoms with Gasteiger partial charge in [0.15, 0.2) is 11.5 Å². The Labute approximate surface area is 192 Å². The average molecular weight is 450 g/mol. The molecular weight excluding hydrogens is 421 g/mol. The van der Waals surface area contributed by atoms with Crippen LogP contribution in [0.4, 0.5) is 21.5 Å². The molecule has 1 saturated heterocycles. The number of hydrogen-bond donors (Lipinski definition) is 3. The molecular formula is C24H28FN7O. The largest absolute Gasteiger partial charge is 0.385 e. The maximum atomic E-state index is 14.3. The van der Waals surface area contributed by atoms with E-state index in [4.69, 9.17) is 0 Å². The first-order chi connectivity index (χ1) is 15.9. The van der Waals surface area contributed by atoms with Gasteiger partial charge in [0, 0.05) is 31.9 Å². The van der Waals surface area contributed by atoms with Gasteiger partial charge in [-0.1, -0.05) is 12.1 Å². The van der Waals surface area contributed by atoms with Crippen molar-refractivity contribution < 1.29 is 9.18 Å². The Morgan fingerprint density at radius 1 is 1.15 bits per heavy atom. The van der Waals surface area contributed by atoms with Crippen molar-refractivity contribution in [3.8, 4) is 11.4 Å². The SMILES string of the molecule is CNc1cnc(-c2ccccc2F)nc1C(=O)Nc1cnccc1N1CCCC(C)(NC)C1. The van der Waals surface area contributed by atoms with Crippen molar-refractivity contribution in [1.29, 1.82) is 0 Å². The van der Waals surface area contributed by atoms with E-state index in [1.165, 1.54) is 12.3 Å². The molecule has 1 aromatic carbocycles. The summed E-state index contributed by atoms with van der Waals surface area (Å²) in [7, 11) is 3.65. The lowest BCUT2D eigenvalue weighted by atomic mass is 9.91. The van der Waals surface area contributed by atoms with Crippen molar-refractivity contribution in [2.45, 2.75) is 25.3 Å². The number of pyridine rings is 1. The molecule has 1 unspecified atom stereocenters. The number of anilines is 3. The van der Waals surface area contributed by atoms with Crippen LogP contribution in [0.15, 0.2) is 48.9 Å². The van der Waals surface area contributed by atoms with Crippen molar-refractivity contribution in [3.63, 3.8) is 0 Å². The molecule has 0 spiro atoms. The number of aromatic nitrogens is 3. The van der Waals surface area contributed by atoms with Gasteiger partial charge < -0.3 is 20.9 Å². The lowest BCUT2D eigenvalue weighted by Crippen LogP contribution is -2.54. The molecule has 3 N–H and O–H groups in total. The van der Waals surface area contributed by atoms with Crippen LogP contribution in [0.1, 0.15) is 30.3 Å². The standard InChI is InChI=1S/C24H28FN7O/c1-24(27-3)10-6-12-32(15-24)20-9-11-28-13-18(20)30-23(33)21-19(26-2)14-29-22(31-21)16-7-4-5-8-17(16)25/h4-5,7-9,11,13-14,26-27H,6,10,12,15H2,1-3H3,(H,30,33). The fourth-order valence-corrected chi connectivity index (χ4v) is 4.10. The lowest BCUT2D eigenvalue weighted by Gasteiger charge is -2.42. The zero-order chi connectivity index (χ0) is 23.4. The van der Waals surface area contributed by atoms with Crippen LogP contribution >= 0.6 is 0 Å². The van der Waals surface area contributed by atoms with E-state index in [0.29, 0.717) is 11.4 Å². The summed E-state index contributed by atoms with van der Waals surface area (Å²) in [6, 6.07) is 8.12. The summed E-state index contributed by atoms with van der Waals surface area (Å²) < 4.78 is 14.3. The summed E-state index contributed by atoms with van der Waals surface area (Å²) in [5, 5.41) is 9.30. The number of halogens is 1. The van der Waals surface area contributed by atoms with Gasteiger partial charge in [0.05, 0.1) is 35.0 Å². The van der Waals surface area contributed by atoms with Gasteiger partial charge in [-0.05, 0) is 45.0 Å². The number of likely N-dealkylation sites (N-methyl/N-ethyl adjacent to an activating group) is 1. The Morgan fingerprint density at radius 3 is 2.73 bits per heavy atom. The van der Waals surface area contributed by atoms with Gasteiger partial charge in [-0.25, -0.2) is 14.4 Å². The predicted molar refractivity (Wildman–Crippen MR) is 128 cm³/mol. The topological polar surface area (TPSA) is 95.1 Å². The average Bonchev–Trinajstić information content (AvgIpc) is 2.84. The first-order valence-corrected chi connectivity index (χ1v) is 10.9. The maximum absolute atomic E-state index is 14.3. The number of carbonyl (C=O) groups is 1. The van der Waals surface area contributed by atoms with Gasteiger partial charge in [-0.2, -0.15) is 0 Å². The molecule has 1 amide bonds. The second-order valence-corrected chi connectivity index (χ2v) is 8.37. The molecule has 1 aliphatic heterocycles. The van der Waals surface area contributed by atoms with E-state index in [-0.39, 0.29) is 22.6 Å². The first kappa shape index (κ1) is 22.6. The highest BCUT2D eigenvalue weighted by Gasteiger charge is 2.30. The molecule has 3 aromatic rings. The smallest absolute Gasteiger partial charge is 0.276 e. The molecule has 0 saturated carbocycles. The molecule has 1 aliphatic rings. The molecule has 1 atom stereocenters. The molecule has 172 valence electrons. The maximum Gasteiger partial charge on any atom is 0.276 e. The van der Waals surface area contributed by atoms with Crippen molar-refractivity contribution in [3.05, 3.63) is 60.4 Å². The molecule has 0 bridgehead atoms. The Kier molecular flexibility index (Phi) is 6.50. The number of piperidine rings is 1. The minimum absolute atomic E-state index is 0.0105. The quantitative estimate of drug-likeness (QED) is 0.530. The number of carbonyl (C=O) groups excluding carboxylic acids is 1. The first-order valence-electron chi connectivity index (χ1n) is 10.9. The highest BCUT2D eigenvalue weighted by molar-refractivity contribution is 6.08. The van der Waals surface area contributed by atoms with Gasteiger partial charge in [0.1, 0.15) is 5.82 Å². The Morgan fingerprint density at radius 2 is 1.97 bits per heavy atom. The summed E-state index contributed by atoms with van der Waals surface area (Å²) in [5.41, 5.74) is 2.28. The third-order valence-electron chi connectivity index (χ3n) is 6.07. The Hall–Kier alpha value is -3.59. The second-order valence-electron chi connectivity index (χ2n) is 8.37. The van der Waals surface area contributed by atoms with Crippen LogP contribution in [0.2, 0.25) is 0 Å².